The summed E-state index contributed by atoms with van der Waals surface area (Å²) in [6.45, 7) is 1.43. The molecule has 2 N–H and O–H groups in total. The summed E-state index contributed by atoms with van der Waals surface area (Å²) < 4.78 is 5.71. The normalized spacial score (nSPS) is 17.5. The van der Waals surface area contributed by atoms with Gasteiger partial charge in [0.25, 0.3) is 5.91 Å². The van der Waals surface area contributed by atoms with Crippen LogP contribution in [0.5, 0.6) is 0 Å². The van der Waals surface area contributed by atoms with Gasteiger partial charge in [0.15, 0.2) is 0 Å². The van der Waals surface area contributed by atoms with Crippen LogP contribution in [0.3, 0.4) is 0 Å². The van der Waals surface area contributed by atoms with Crippen LogP contribution in [0.15, 0.2) is 42.6 Å². The van der Waals surface area contributed by atoms with Crippen molar-refractivity contribution in [2.45, 2.75) is 25.4 Å². The number of ether oxygens (including phenoxy) is 1. The number of hydrogen-bond donors (Lipinski definition) is 1. The standard InChI is InChI=1S/C19H23N3O2/c1-22(13-16-5-2-3-12-24-16)19(23)15-9-7-14(8-10-15)18-17(20)6-4-11-21-18/h4,6-11,16H,2-3,5,12-13,20H2,1H3/t16-/m0/s1. The van der Waals surface area contributed by atoms with E-state index >= 15 is 0 Å². The van der Waals surface area contributed by atoms with Gasteiger partial charge in [-0.1, -0.05) is 12.1 Å². The highest BCUT2D eigenvalue weighted by Gasteiger charge is 2.19. The van der Waals surface area contributed by atoms with E-state index < -0.39 is 0 Å². The summed E-state index contributed by atoms with van der Waals surface area (Å²) in [6.07, 6.45) is 5.18. The van der Waals surface area contributed by atoms with Crippen molar-refractivity contribution in [1.29, 1.82) is 0 Å². The van der Waals surface area contributed by atoms with Crippen molar-refractivity contribution >= 4 is 11.6 Å². The fourth-order valence-corrected chi connectivity index (χ4v) is 2.99. The van der Waals surface area contributed by atoms with E-state index in [-0.39, 0.29) is 12.0 Å². The Morgan fingerprint density at radius 1 is 1.29 bits per heavy atom. The molecule has 2 heterocycles. The summed E-state index contributed by atoms with van der Waals surface area (Å²) in [4.78, 5) is 18.6. The molecular formula is C19H23N3O2. The first-order valence-electron chi connectivity index (χ1n) is 8.33. The van der Waals surface area contributed by atoms with Crippen LogP contribution < -0.4 is 5.73 Å². The molecule has 0 unspecified atom stereocenters. The number of anilines is 1. The molecule has 2 aromatic rings. The molecule has 0 saturated carbocycles. The van der Waals surface area contributed by atoms with E-state index in [1.54, 1.807) is 17.2 Å². The molecule has 0 aliphatic carbocycles. The summed E-state index contributed by atoms with van der Waals surface area (Å²) in [5.74, 6) is 0.00437. The predicted molar refractivity (Wildman–Crippen MR) is 94.6 cm³/mol. The Labute approximate surface area is 142 Å². The SMILES string of the molecule is CN(C[C@@H]1CCCCO1)C(=O)c1ccc(-c2ncccc2N)cc1. The number of carbonyl (C=O) groups is 1. The van der Waals surface area contributed by atoms with Crippen molar-refractivity contribution in [1.82, 2.24) is 9.88 Å². The Balaban J connectivity index is 1.68. The summed E-state index contributed by atoms with van der Waals surface area (Å²) in [5, 5.41) is 0. The third-order valence-corrected chi connectivity index (χ3v) is 4.34. The molecule has 1 aliphatic rings. The van der Waals surface area contributed by atoms with Gasteiger partial charge in [-0.2, -0.15) is 0 Å². The summed E-state index contributed by atoms with van der Waals surface area (Å²) in [6, 6.07) is 11.0. The number of nitrogen functional groups attached to an aromatic ring is 1. The third kappa shape index (κ3) is 3.74. The zero-order chi connectivity index (χ0) is 16.9. The monoisotopic (exact) mass is 325 g/mol. The summed E-state index contributed by atoms with van der Waals surface area (Å²) in [7, 11) is 1.82. The lowest BCUT2D eigenvalue weighted by atomic mass is 10.1. The van der Waals surface area contributed by atoms with E-state index in [0.717, 1.165) is 30.7 Å². The van der Waals surface area contributed by atoms with Gasteiger partial charge in [-0.25, -0.2) is 0 Å². The summed E-state index contributed by atoms with van der Waals surface area (Å²) in [5.41, 5.74) is 8.88. The van der Waals surface area contributed by atoms with Gasteiger partial charge in [0, 0.05) is 37.5 Å². The number of nitrogens with zero attached hydrogens (tertiary/aromatic N) is 2. The lowest BCUT2D eigenvalue weighted by Gasteiger charge is -2.27. The predicted octanol–water partition coefficient (Wildman–Crippen LogP) is 2.97. The zero-order valence-electron chi connectivity index (χ0n) is 13.9. The van der Waals surface area contributed by atoms with Crippen molar-refractivity contribution in [2.75, 3.05) is 25.9 Å². The van der Waals surface area contributed by atoms with Gasteiger partial charge in [0.05, 0.1) is 17.5 Å². The molecular weight excluding hydrogens is 302 g/mol. The molecule has 1 aromatic heterocycles. The van der Waals surface area contributed by atoms with Crippen LogP contribution in [0.1, 0.15) is 29.6 Å². The number of hydrogen-bond acceptors (Lipinski definition) is 4. The number of rotatable bonds is 4. The minimum atomic E-state index is 0.00437. The molecule has 1 saturated heterocycles. The molecule has 0 bridgehead atoms. The highest BCUT2D eigenvalue weighted by molar-refractivity contribution is 5.94. The lowest BCUT2D eigenvalue weighted by Crippen LogP contribution is -2.37. The van der Waals surface area contributed by atoms with Crippen LogP contribution in [-0.4, -0.2) is 42.1 Å². The summed E-state index contributed by atoms with van der Waals surface area (Å²) >= 11 is 0. The molecule has 1 amide bonds. The number of likely N-dealkylation sites (N-methyl/N-ethyl adjacent to an activating group) is 1. The lowest BCUT2D eigenvalue weighted by molar-refractivity contribution is -0.000186. The van der Waals surface area contributed by atoms with Gasteiger partial charge in [0.1, 0.15) is 0 Å². The number of pyridine rings is 1. The Hall–Kier alpha value is -2.40. The van der Waals surface area contributed by atoms with E-state index in [4.69, 9.17) is 10.5 Å². The third-order valence-electron chi connectivity index (χ3n) is 4.34. The zero-order valence-corrected chi connectivity index (χ0v) is 13.9. The number of aromatic nitrogens is 1. The van der Waals surface area contributed by atoms with Gasteiger partial charge in [-0.15, -0.1) is 0 Å². The minimum absolute atomic E-state index is 0.00437. The van der Waals surface area contributed by atoms with Crippen LogP contribution in [0.2, 0.25) is 0 Å². The molecule has 24 heavy (non-hydrogen) atoms. The van der Waals surface area contributed by atoms with E-state index in [9.17, 15) is 4.79 Å². The average molecular weight is 325 g/mol. The Kier molecular flexibility index (Phi) is 5.11. The Morgan fingerprint density at radius 2 is 2.08 bits per heavy atom. The van der Waals surface area contributed by atoms with E-state index in [1.807, 2.05) is 37.4 Å². The molecule has 3 rings (SSSR count). The molecule has 1 aliphatic heterocycles. The second-order valence-corrected chi connectivity index (χ2v) is 6.19. The second-order valence-electron chi connectivity index (χ2n) is 6.19. The highest BCUT2D eigenvalue weighted by atomic mass is 16.5. The molecule has 5 heteroatoms. The quantitative estimate of drug-likeness (QED) is 0.938. The van der Waals surface area contributed by atoms with Gasteiger partial charge in [0.2, 0.25) is 0 Å². The van der Waals surface area contributed by atoms with Crippen LogP contribution in [0.25, 0.3) is 11.3 Å². The van der Waals surface area contributed by atoms with E-state index in [0.29, 0.717) is 17.8 Å². The maximum Gasteiger partial charge on any atom is 0.253 e. The number of amides is 1. The Morgan fingerprint density at radius 3 is 2.75 bits per heavy atom. The van der Waals surface area contributed by atoms with Crippen molar-refractivity contribution in [3.63, 3.8) is 0 Å². The van der Waals surface area contributed by atoms with Crippen molar-refractivity contribution < 1.29 is 9.53 Å². The van der Waals surface area contributed by atoms with Crippen LogP contribution >= 0.6 is 0 Å². The van der Waals surface area contributed by atoms with E-state index in [2.05, 4.69) is 4.98 Å². The molecule has 0 radical (unpaired) electrons. The number of carbonyl (C=O) groups excluding carboxylic acids is 1. The molecule has 1 aromatic carbocycles. The van der Waals surface area contributed by atoms with E-state index in [1.165, 1.54) is 6.42 Å². The molecule has 1 atom stereocenters. The van der Waals surface area contributed by atoms with Gasteiger partial charge < -0.3 is 15.4 Å². The fourth-order valence-electron chi connectivity index (χ4n) is 2.99. The molecule has 5 nitrogen and oxygen atoms in total. The number of benzene rings is 1. The molecule has 1 fully saturated rings. The van der Waals surface area contributed by atoms with Crippen molar-refractivity contribution in [2.24, 2.45) is 0 Å². The van der Waals surface area contributed by atoms with Crippen molar-refractivity contribution in [3.8, 4) is 11.3 Å². The maximum absolute atomic E-state index is 12.6. The average Bonchev–Trinajstić information content (AvgIpc) is 2.62. The van der Waals surface area contributed by atoms with Crippen LogP contribution in [0, 0.1) is 0 Å². The first-order valence-corrected chi connectivity index (χ1v) is 8.33. The van der Waals surface area contributed by atoms with Gasteiger partial charge in [-0.05, 0) is 43.5 Å². The van der Waals surface area contributed by atoms with Crippen LogP contribution in [0.4, 0.5) is 5.69 Å². The second kappa shape index (κ2) is 7.45. The molecule has 126 valence electrons. The topological polar surface area (TPSA) is 68.5 Å². The van der Waals surface area contributed by atoms with Gasteiger partial charge in [-0.3, -0.25) is 9.78 Å². The smallest absolute Gasteiger partial charge is 0.253 e. The highest BCUT2D eigenvalue weighted by Crippen LogP contribution is 2.23. The van der Waals surface area contributed by atoms with Crippen molar-refractivity contribution in [3.05, 3.63) is 48.2 Å². The molecule has 0 spiro atoms. The fraction of sp³-hybridized carbons (Fsp3) is 0.368. The Bertz CT molecular complexity index is 694. The first-order chi connectivity index (χ1) is 11.6. The van der Waals surface area contributed by atoms with Crippen LogP contribution in [-0.2, 0) is 4.74 Å². The maximum atomic E-state index is 12.6. The van der Waals surface area contributed by atoms with Gasteiger partial charge >= 0.3 is 0 Å². The largest absolute Gasteiger partial charge is 0.397 e. The minimum Gasteiger partial charge on any atom is -0.397 e. The number of nitrogens with two attached hydrogens (primary N) is 1. The first kappa shape index (κ1) is 16.5.